The van der Waals surface area contributed by atoms with Crippen molar-refractivity contribution in [3.63, 3.8) is 0 Å². The van der Waals surface area contributed by atoms with Crippen molar-refractivity contribution >= 4 is 34.3 Å². The van der Waals surface area contributed by atoms with E-state index in [-0.39, 0.29) is 32.8 Å². The van der Waals surface area contributed by atoms with Gasteiger partial charge in [0.2, 0.25) is 0 Å². The van der Waals surface area contributed by atoms with Gasteiger partial charge in [-0.25, -0.2) is 4.79 Å². The van der Waals surface area contributed by atoms with Crippen LogP contribution in [0.1, 0.15) is 28.7 Å². The molecule has 3 aliphatic carbocycles. The van der Waals surface area contributed by atoms with Gasteiger partial charge in [0.1, 0.15) is 49.1 Å². The van der Waals surface area contributed by atoms with Crippen molar-refractivity contribution in [2.24, 2.45) is 5.92 Å². The third kappa shape index (κ3) is 5.71. The molecule has 3 unspecified atom stereocenters. The molecule has 2 bridgehead atoms. The van der Waals surface area contributed by atoms with Crippen LogP contribution in [0.3, 0.4) is 0 Å². The SMILES string of the molecule is C=CC(=O)OCCOCCOc1ccc(OCCOC(=O)C2CC3(O)c4ccccc4C2(O)c2ccc(Cl)cc23)c2ccccc12. The van der Waals surface area contributed by atoms with Crippen molar-refractivity contribution in [1.82, 2.24) is 0 Å². The van der Waals surface area contributed by atoms with Crippen molar-refractivity contribution in [3.05, 3.63) is 119 Å². The molecule has 0 aromatic heterocycles. The van der Waals surface area contributed by atoms with Gasteiger partial charge in [0.15, 0.2) is 0 Å². The fourth-order valence-corrected chi connectivity index (χ4v) is 6.58. The van der Waals surface area contributed by atoms with Crippen molar-refractivity contribution in [2.75, 3.05) is 39.6 Å². The molecule has 0 spiro atoms. The van der Waals surface area contributed by atoms with Crippen LogP contribution in [0, 0.1) is 5.92 Å². The van der Waals surface area contributed by atoms with Crippen LogP contribution in [0.25, 0.3) is 10.8 Å². The van der Waals surface area contributed by atoms with Crippen LogP contribution in [-0.4, -0.2) is 61.8 Å². The predicted molar refractivity (Wildman–Crippen MR) is 170 cm³/mol. The number of halogens is 1. The predicted octanol–water partition coefficient (Wildman–Crippen LogP) is 5.05. The second kappa shape index (κ2) is 13.1. The Morgan fingerprint density at radius 3 is 2.04 bits per heavy atom. The molecule has 3 atom stereocenters. The highest BCUT2D eigenvalue weighted by molar-refractivity contribution is 6.30. The number of hydrogen-bond donors (Lipinski definition) is 2. The van der Waals surface area contributed by atoms with Crippen LogP contribution in [0.4, 0.5) is 0 Å². The molecule has 0 aliphatic heterocycles. The monoisotopic (exact) mass is 644 g/mol. The number of esters is 2. The minimum absolute atomic E-state index is 0.0482. The zero-order chi connectivity index (χ0) is 32.3. The quantitative estimate of drug-likeness (QED) is 0.117. The standard InChI is InChI=1S/C36H33ClO9/c1-2-33(38)45-18-16-42-15-17-43-31-13-14-32(25-8-4-3-7-24(25)31)44-19-20-46-34(39)30-22-35(40)26-9-5-6-10-27(26)36(30,41)28-12-11-23(37)21-29(28)35/h2-14,21,30,40-41H,1,15-20,22H2. The van der Waals surface area contributed by atoms with Crippen LogP contribution in [-0.2, 0) is 35.0 Å². The number of ether oxygens (including phenoxy) is 5. The zero-order valence-corrected chi connectivity index (χ0v) is 25.7. The van der Waals surface area contributed by atoms with Gasteiger partial charge in [-0.15, -0.1) is 0 Å². The van der Waals surface area contributed by atoms with Gasteiger partial charge in [-0.05, 0) is 46.5 Å². The number of fused-ring (bicyclic) bond motifs is 2. The van der Waals surface area contributed by atoms with E-state index in [1.54, 1.807) is 54.6 Å². The lowest BCUT2D eigenvalue weighted by atomic mass is 9.54. The lowest BCUT2D eigenvalue weighted by Gasteiger charge is -2.53. The Morgan fingerprint density at radius 1 is 0.761 bits per heavy atom. The first kappa shape index (κ1) is 31.6. The second-order valence-electron chi connectivity index (χ2n) is 11.1. The van der Waals surface area contributed by atoms with E-state index in [0.717, 1.165) is 16.8 Å². The molecule has 46 heavy (non-hydrogen) atoms. The maximum Gasteiger partial charge on any atom is 0.330 e. The summed E-state index contributed by atoms with van der Waals surface area (Å²) in [6.45, 7) is 4.33. The van der Waals surface area contributed by atoms with Crippen LogP contribution in [0.15, 0.2) is 91.5 Å². The average Bonchev–Trinajstić information content (AvgIpc) is 3.07. The molecular weight excluding hydrogens is 612 g/mol. The van der Waals surface area contributed by atoms with E-state index in [0.29, 0.717) is 52.0 Å². The molecule has 0 radical (unpaired) electrons. The first-order valence-corrected chi connectivity index (χ1v) is 15.3. The summed E-state index contributed by atoms with van der Waals surface area (Å²) >= 11 is 6.26. The van der Waals surface area contributed by atoms with Crippen LogP contribution in [0.2, 0.25) is 5.02 Å². The second-order valence-corrected chi connectivity index (χ2v) is 11.5. The number of carbonyl (C=O) groups is 2. The molecule has 2 N–H and O–H groups in total. The van der Waals surface area contributed by atoms with Crippen molar-refractivity contribution in [2.45, 2.75) is 17.6 Å². The molecule has 0 fully saturated rings. The van der Waals surface area contributed by atoms with Gasteiger partial charge in [0.05, 0.1) is 19.1 Å². The number of rotatable bonds is 13. The van der Waals surface area contributed by atoms with E-state index in [9.17, 15) is 19.8 Å². The third-order valence-electron chi connectivity index (χ3n) is 8.46. The minimum Gasteiger partial charge on any atom is -0.491 e. The first-order valence-electron chi connectivity index (χ1n) is 14.9. The maximum absolute atomic E-state index is 13.5. The van der Waals surface area contributed by atoms with Gasteiger partial charge in [0.25, 0.3) is 0 Å². The van der Waals surface area contributed by atoms with Gasteiger partial charge in [-0.1, -0.05) is 72.8 Å². The van der Waals surface area contributed by atoms with Gasteiger partial charge in [-0.3, -0.25) is 4.79 Å². The largest absolute Gasteiger partial charge is 0.491 e. The van der Waals surface area contributed by atoms with Crippen LogP contribution < -0.4 is 9.47 Å². The molecule has 3 aliphatic rings. The molecule has 4 aromatic rings. The summed E-state index contributed by atoms with van der Waals surface area (Å²) in [5, 5.41) is 26.2. The van der Waals surface area contributed by atoms with E-state index >= 15 is 0 Å². The van der Waals surface area contributed by atoms with Crippen molar-refractivity contribution < 1.29 is 43.5 Å². The maximum atomic E-state index is 13.5. The molecular formula is C36H33ClO9. The minimum atomic E-state index is -1.69. The van der Waals surface area contributed by atoms with E-state index in [4.69, 9.17) is 35.3 Å². The molecule has 0 saturated heterocycles. The Balaban J connectivity index is 1.07. The van der Waals surface area contributed by atoms with Gasteiger partial charge in [-0.2, -0.15) is 0 Å². The summed E-state index contributed by atoms with van der Waals surface area (Å²) < 4.78 is 27.9. The first-order chi connectivity index (χ1) is 22.3. The highest BCUT2D eigenvalue weighted by atomic mass is 35.5. The smallest absolute Gasteiger partial charge is 0.330 e. The highest BCUT2D eigenvalue weighted by Gasteiger charge is 2.62. The Kier molecular flexibility index (Phi) is 9.02. The van der Waals surface area contributed by atoms with Gasteiger partial charge in [0, 0.05) is 28.3 Å². The fourth-order valence-electron chi connectivity index (χ4n) is 6.41. The van der Waals surface area contributed by atoms with Crippen molar-refractivity contribution in [3.8, 4) is 11.5 Å². The summed E-state index contributed by atoms with van der Waals surface area (Å²) in [6, 6.07) is 23.2. The molecule has 0 amide bonds. The Labute approximate surface area is 270 Å². The molecule has 10 heteroatoms. The summed E-state index contributed by atoms with van der Waals surface area (Å²) in [5.41, 5.74) is -1.22. The zero-order valence-electron chi connectivity index (χ0n) is 24.9. The summed E-state index contributed by atoms with van der Waals surface area (Å²) in [7, 11) is 0. The lowest BCUT2D eigenvalue weighted by molar-refractivity contribution is -0.167. The Morgan fingerprint density at radius 2 is 1.35 bits per heavy atom. The summed E-state index contributed by atoms with van der Waals surface area (Å²) in [6.07, 6.45) is 1.05. The molecule has 238 valence electrons. The Hall–Kier alpha value is -4.41. The third-order valence-corrected chi connectivity index (χ3v) is 8.70. The van der Waals surface area contributed by atoms with E-state index in [2.05, 4.69) is 6.58 Å². The Bertz CT molecular complexity index is 1790. The summed E-state index contributed by atoms with van der Waals surface area (Å²) in [5.74, 6) is -0.927. The molecule has 0 heterocycles. The van der Waals surface area contributed by atoms with E-state index in [1.165, 1.54) is 0 Å². The van der Waals surface area contributed by atoms with Gasteiger partial charge < -0.3 is 33.9 Å². The van der Waals surface area contributed by atoms with Crippen molar-refractivity contribution in [1.29, 1.82) is 0 Å². The fraction of sp³-hybridized carbons (Fsp3) is 0.278. The molecule has 9 nitrogen and oxygen atoms in total. The molecule has 0 saturated carbocycles. The van der Waals surface area contributed by atoms with Crippen LogP contribution >= 0.6 is 11.6 Å². The van der Waals surface area contributed by atoms with Gasteiger partial charge >= 0.3 is 11.9 Å². The van der Waals surface area contributed by atoms with E-state index in [1.807, 2.05) is 24.3 Å². The number of aliphatic hydroxyl groups is 2. The number of carbonyl (C=O) groups excluding carboxylic acids is 2. The molecule has 7 rings (SSSR count). The lowest BCUT2D eigenvalue weighted by Crippen LogP contribution is -2.57. The number of hydrogen-bond acceptors (Lipinski definition) is 9. The normalized spacial score (nSPS) is 20.8. The average molecular weight is 645 g/mol. The summed E-state index contributed by atoms with van der Waals surface area (Å²) in [4.78, 5) is 24.6. The van der Waals surface area contributed by atoms with E-state index < -0.39 is 29.1 Å². The van der Waals surface area contributed by atoms with Crippen LogP contribution in [0.5, 0.6) is 11.5 Å². The number of benzene rings is 4. The highest BCUT2D eigenvalue weighted by Crippen LogP contribution is 2.60. The molecule has 4 aromatic carbocycles. The topological polar surface area (TPSA) is 121 Å².